The Morgan fingerprint density at radius 3 is 2.61 bits per heavy atom. The molecule has 3 aliphatic rings. The second kappa shape index (κ2) is 8.60. The van der Waals surface area contributed by atoms with Gasteiger partial charge in [0.1, 0.15) is 12.1 Å². The van der Waals surface area contributed by atoms with Gasteiger partial charge in [0.25, 0.3) is 5.91 Å². The van der Waals surface area contributed by atoms with Gasteiger partial charge in [-0.2, -0.15) is 0 Å². The monoisotopic (exact) mass is 509 g/mol. The minimum absolute atomic E-state index is 0.0526. The summed E-state index contributed by atoms with van der Waals surface area (Å²) in [5, 5.41) is 2.92. The van der Waals surface area contributed by atoms with Crippen LogP contribution in [-0.2, 0) is 28.1 Å². The molecule has 7 heteroatoms. The molecule has 172 valence electrons. The van der Waals surface area contributed by atoms with Crippen molar-refractivity contribution in [3.05, 3.63) is 69.7 Å². The molecule has 6 nitrogen and oxygen atoms in total. The number of fused-ring (bicyclic) bond motifs is 2. The van der Waals surface area contributed by atoms with Crippen LogP contribution in [0.4, 0.5) is 4.79 Å². The normalized spacial score (nSPS) is 22.8. The maximum Gasteiger partial charge on any atom is 0.325 e. The van der Waals surface area contributed by atoms with Crippen LogP contribution in [0.5, 0.6) is 0 Å². The number of nitrogens with zero attached hydrogens (tertiary/aromatic N) is 2. The topological polar surface area (TPSA) is 69.7 Å². The molecule has 0 bridgehead atoms. The van der Waals surface area contributed by atoms with E-state index in [9.17, 15) is 14.4 Å². The molecule has 1 saturated heterocycles. The van der Waals surface area contributed by atoms with Gasteiger partial charge in [-0.05, 0) is 67.3 Å². The van der Waals surface area contributed by atoms with E-state index in [-0.39, 0.29) is 24.4 Å². The van der Waals surface area contributed by atoms with Gasteiger partial charge in [0.2, 0.25) is 5.91 Å². The fourth-order valence-corrected chi connectivity index (χ4v) is 5.65. The number of imide groups is 1. The standard InChI is InChI=1S/C26H28BrN3O3/c1-17(19-6-4-7-19)29(15-18-9-11-21(27)12-10-18)23(31)16-30-24(32)26(28-25(30)33)14-13-20-5-2-3-8-22(20)26/h2-3,5,8-12,17,19H,4,6-7,13-16H2,1H3,(H,28,33)/t17-,26-/m0/s1. The van der Waals surface area contributed by atoms with Gasteiger partial charge in [-0.25, -0.2) is 4.79 Å². The van der Waals surface area contributed by atoms with Crippen molar-refractivity contribution >= 4 is 33.8 Å². The van der Waals surface area contributed by atoms with Crippen molar-refractivity contribution in [1.82, 2.24) is 15.1 Å². The van der Waals surface area contributed by atoms with Crippen molar-refractivity contribution in [2.75, 3.05) is 6.54 Å². The minimum Gasteiger partial charge on any atom is -0.334 e. The summed E-state index contributed by atoms with van der Waals surface area (Å²) < 4.78 is 0.984. The smallest absolute Gasteiger partial charge is 0.325 e. The molecular weight excluding hydrogens is 482 g/mol. The van der Waals surface area contributed by atoms with Gasteiger partial charge < -0.3 is 10.2 Å². The lowest BCUT2D eigenvalue weighted by atomic mass is 9.79. The quantitative estimate of drug-likeness (QED) is 0.588. The highest BCUT2D eigenvalue weighted by molar-refractivity contribution is 9.10. The number of urea groups is 1. The van der Waals surface area contributed by atoms with Gasteiger partial charge in [-0.15, -0.1) is 0 Å². The molecule has 0 unspecified atom stereocenters. The molecule has 1 saturated carbocycles. The Hall–Kier alpha value is -2.67. The average Bonchev–Trinajstić information content (AvgIpc) is 3.25. The number of hydrogen-bond donors (Lipinski definition) is 1. The first-order chi connectivity index (χ1) is 15.9. The molecule has 2 aliphatic carbocycles. The SMILES string of the molecule is C[C@@H](C1CCC1)N(Cc1ccc(Br)cc1)C(=O)CN1C(=O)N[C@]2(CCc3ccccc32)C1=O. The van der Waals surface area contributed by atoms with Crippen LogP contribution < -0.4 is 5.32 Å². The predicted molar refractivity (Wildman–Crippen MR) is 128 cm³/mol. The number of halogens is 1. The van der Waals surface area contributed by atoms with E-state index in [0.717, 1.165) is 45.3 Å². The van der Waals surface area contributed by atoms with E-state index in [2.05, 4.69) is 28.2 Å². The summed E-state index contributed by atoms with van der Waals surface area (Å²) in [6.45, 7) is 2.31. The number of aryl methyl sites for hydroxylation is 1. The first kappa shape index (κ1) is 22.1. The lowest BCUT2D eigenvalue weighted by molar-refractivity contribution is -0.142. The van der Waals surface area contributed by atoms with Crippen molar-refractivity contribution in [2.45, 2.75) is 57.2 Å². The summed E-state index contributed by atoms with van der Waals surface area (Å²) >= 11 is 3.46. The van der Waals surface area contributed by atoms with E-state index in [0.29, 0.717) is 18.9 Å². The number of rotatable bonds is 6. The van der Waals surface area contributed by atoms with Crippen molar-refractivity contribution in [2.24, 2.45) is 5.92 Å². The largest absolute Gasteiger partial charge is 0.334 e. The van der Waals surface area contributed by atoms with Crippen LogP contribution in [-0.4, -0.2) is 40.2 Å². The molecule has 2 aromatic carbocycles. The Kier molecular flexibility index (Phi) is 5.77. The Balaban J connectivity index is 1.37. The fourth-order valence-electron chi connectivity index (χ4n) is 5.38. The molecule has 1 aliphatic heterocycles. The number of carbonyl (C=O) groups is 3. The molecule has 1 spiro atoms. The number of benzene rings is 2. The third-order valence-electron chi connectivity index (χ3n) is 7.63. The molecule has 2 fully saturated rings. The van der Waals surface area contributed by atoms with Crippen LogP contribution in [0.15, 0.2) is 53.0 Å². The summed E-state index contributed by atoms with van der Waals surface area (Å²) in [6, 6.07) is 15.2. The van der Waals surface area contributed by atoms with Crippen LogP contribution in [0.1, 0.15) is 49.3 Å². The van der Waals surface area contributed by atoms with E-state index in [1.165, 1.54) is 6.42 Å². The second-order valence-electron chi connectivity index (χ2n) is 9.46. The van der Waals surface area contributed by atoms with Crippen molar-refractivity contribution in [1.29, 1.82) is 0 Å². The summed E-state index contributed by atoms with van der Waals surface area (Å²) in [5.74, 6) is -0.0459. The Labute approximate surface area is 202 Å². The summed E-state index contributed by atoms with van der Waals surface area (Å²) in [6.07, 6.45) is 4.66. The highest BCUT2D eigenvalue weighted by Crippen LogP contribution is 2.41. The summed E-state index contributed by atoms with van der Waals surface area (Å²) in [7, 11) is 0. The number of carbonyl (C=O) groups excluding carboxylic acids is 3. The van der Waals surface area contributed by atoms with Gasteiger partial charge in [0, 0.05) is 17.1 Å². The molecule has 0 radical (unpaired) electrons. The van der Waals surface area contributed by atoms with Gasteiger partial charge in [0.05, 0.1) is 0 Å². The average molecular weight is 510 g/mol. The third-order valence-corrected chi connectivity index (χ3v) is 8.15. The Morgan fingerprint density at radius 1 is 1.18 bits per heavy atom. The summed E-state index contributed by atoms with van der Waals surface area (Å²) in [4.78, 5) is 42.9. The van der Waals surface area contributed by atoms with Gasteiger partial charge in [0.15, 0.2) is 0 Å². The predicted octanol–water partition coefficient (Wildman–Crippen LogP) is 4.36. The molecular formula is C26H28BrN3O3. The van der Waals surface area contributed by atoms with Crippen LogP contribution in [0, 0.1) is 5.92 Å². The van der Waals surface area contributed by atoms with E-state index in [4.69, 9.17) is 0 Å². The van der Waals surface area contributed by atoms with Crippen LogP contribution in [0.25, 0.3) is 0 Å². The second-order valence-corrected chi connectivity index (χ2v) is 10.4. The third kappa shape index (κ3) is 3.86. The first-order valence-corrected chi connectivity index (χ1v) is 12.4. The molecule has 2 atom stereocenters. The highest BCUT2D eigenvalue weighted by atomic mass is 79.9. The maximum atomic E-state index is 13.5. The van der Waals surface area contributed by atoms with E-state index in [1.54, 1.807) is 0 Å². The van der Waals surface area contributed by atoms with Crippen molar-refractivity contribution in [3.63, 3.8) is 0 Å². The van der Waals surface area contributed by atoms with Gasteiger partial charge >= 0.3 is 6.03 Å². The van der Waals surface area contributed by atoms with E-state index < -0.39 is 11.6 Å². The van der Waals surface area contributed by atoms with Crippen LogP contribution in [0.2, 0.25) is 0 Å². The van der Waals surface area contributed by atoms with E-state index >= 15 is 0 Å². The lowest BCUT2D eigenvalue weighted by Gasteiger charge is -2.39. The van der Waals surface area contributed by atoms with Crippen LogP contribution >= 0.6 is 15.9 Å². The molecule has 2 aromatic rings. The van der Waals surface area contributed by atoms with Gasteiger partial charge in [-0.3, -0.25) is 14.5 Å². The zero-order valence-corrected chi connectivity index (χ0v) is 20.3. The number of amides is 4. The summed E-state index contributed by atoms with van der Waals surface area (Å²) in [5.41, 5.74) is 1.92. The molecule has 0 aromatic heterocycles. The molecule has 4 amide bonds. The fraction of sp³-hybridized carbons (Fsp3) is 0.423. The molecule has 1 N–H and O–H groups in total. The van der Waals surface area contributed by atoms with Crippen molar-refractivity contribution < 1.29 is 14.4 Å². The van der Waals surface area contributed by atoms with Gasteiger partial charge in [-0.1, -0.05) is 58.7 Å². The zero-order valence-electron chi connectivity index (χ0n) is 18.7. The lowest BCUT2D eigenvalue weighted by Crippen LogP contribution is -2.49. The minimum atomic E-state index is -1.04. The maximum absolute atomic E-state index is 13.5. The first-order valence-electron chi connectivity index (χ1n) is 11.7. The molecule has 5 rings (SSSR count). The van der Waals surface area contributed by atoms with E-state index in [1.807, 2.05) is 53.4 Å². The Morgan fingerprint density at radius 2 is 1.91 bits per heavy atom. The Bertz CT molecular complexity index is 1100. The highest BCUT2D eigenvalue weighted by Gasteiger charge is 2.55. The van der Waals surface area contributed by atoms with Crippen LogP contribution in [0.3, 0.4) is 0 Å². The van der Waals surface area contributed by atoms with Crippen molar-refractivity contribution in [3.8, 4) is 0 Å². The molecule has 1 heterocycles. The number of nitrogens with one attached hydrogen (secondary N) is 1. The molecule has 33 heavy (non-hydrogen) atoms. The number of hydrogen-bond acceptors (Lipinski definition) is 3. The zero-order chi connectivity index (χ0) is 23.2.